The molecule has 2 unspecified atom stereocenters. The van der Waals surface area contributed by atoms with E-state index < -0.39 is 0 Å². The molecule has 0 aromatic rings. The highest BCUT2D eigenvalue weighted by Crippen LogP contribution is 2.53. The van der Waals surface area contributed by atoms with Gasteiger partial charge in [0.1, 0.15) is 0 Å². The van der Waals surface area contributed by atoms with Crippen LogP contribution in [0.3, 0.4) is 0 Å². The standard InChI is InChI=1S/C10H17NO/c1-9(2)7-4-5-10(9,3)11-8(12)6-7/h7H,4-6H2,1-3H3,(H,11,12). The fraction of sp³-hybridized carbons (Fsp3) is 0.900. The molecule has 1 aliphatic heterocycles. The van der Waals surface area contributed by atoms with Crippen LogP contribution in [0.4, 0.5) is 0 Å². The van der Waals surface area contributed by atoms with Gasteiger partial charge in [0.25, 0.3) is 0 Å². The zero-order valence-corrected chi connectivity index (χ0v) is 8.11. The van der Waals surface area contributed by atoms with E-state index in [0.29, 0.717) is 11.3 Å². The lowest BCUT2D eigenvalue weighted by Crippen LogP contribution is -2.58. The molecule has 2 bridgehead atoms. The Balaban J connectivity index is 2.37. The molecule has 1 saturated heterocycles. The Morgan fingerprint density at radius 1 is 1.42 bits per heavy atom. The van der Waals surface area contributed by atoms with Crippen LogP contribution in [0.15, 0.2) is 0 Å². The first-order valence-corrected chi connectivity index (χ1v) is 4.77. The van der Waals surface area contributed by atoms with E-state index in [1.165, 1.54) is 6.42 Å². The van der Waals surface area contributed by atoms with Crippen LogP contribution < -0.4 is 5.32 Å². The van der Waals surface area contributed by atoms with Crippen molar-refractivity contribution in [2.24, 2.45) is 11.3 Å². The summed E-state index contributed by atoms with van der Waals surface area (Å²) in [6, 6.07) is 0. The van der Waals surface area contributed by atoms with Crippen LogP contribution in [0.1, 0.15) is 40.0 Å². The maximum Gasteiger partial charge on any atom is 0.220 e. The van der Waals surface area contributed by atoms with Crippen molar-refractivity contribution in [2.75, 3.05) is 0 Å². The molecule has 1 saturated carbocycles. The van der Waals surface area contributed by atoms with Gasteiger partial charge in [-0.15, -0.1) is 0 Å². The van der Waals surface area contributed by atoms with Crippen molar-refractivity contribution in [1.29, 1.82) is 0 Å². The monoisotopic (exact) mass is 167 g/mol. The fourth-order valence-corrected chi connectivity index (χ4v) is 2.76. The first kappa shape index (κ1) is 8.09. The van der Waals surface area contributed by atoms with Crippen LogP contribution in [0.2, 0.25) is 0 Å². The molecule has 1 N–H and O–H groups in total. The van der Waals surface area contributed by atoms with Crippen LogP contribution in [0.5, 0.6) is 0 Å². The minimum atomic E-state index is 0.0625. The molecule has 1 aliphatic carbocycles. The quantitative estimate of drug-likeness (QED) is 0.584. The Morgan fingerprint density at radius 2 is 2.08 bits per heavy atom. The van der Waals surface area contributed by atoms with Crippen molar-refractivity contribution >= 4 is 5.91 Å². The lowest BCUT2D eigenvalue weighted by atomic mass is 9.68. The molecule has 1 heterocycles. The van der Waals surface area contributed by atoms with Gasteiger partial charge < -0.3 is 5.32 Å². The number of carbonyl (C=O) groups excluding carboxylic acids is 1. The van der Waals surface area contributed by atoms with Crippen LogP contribution >= 0.6 is 0 Å². The summed E-state index contributed by atoms with van der Waals surface area (Å²) in [6.45, 7) is 6.75. The smallest absolute Gasteiger partial charge is 0.220 e. The lowest BCUT2D eigenvalue weighted by molar-refractivity contribution is -0.129. The predicted octanol–water partition coefficient (Wildman–Crippen LogP) is 1.70. The summed E-state index contributed by atoms with van der Waals surface area (Å²) < 4.78 is 0. The molecule has 12 heavy (non-hydrogen) atoms. The molecule has 2 atom stereocenters. The van der Waals surface area contributed by atoms with Crippen molar-refractivity contribution in [3.63, 3.8) is 0 Å². The van der Waals surface area contributed by atoms with E-state index in [1.54, 1.807) is 0 Å². The Bertz CT molecular complexity index is 234. The number of hydrogen-bond acceptors (Lipinski definition) is 1. The summed E-state index contributed by atoms with van der Waals surface area (Å²) in [5.74, 6) is 0.857. The summed E-state index contributed by atoms with van der Waals surface area (Å²) in [5, 5.41) is 3.14. The highest BCUT2D eigenvalue weighted by molar-refractivity contribution is 5.79. The number of fused-ring (bicyclic) bond motifs is 2. The minimum absolute atomic E-state index is 0.0625. The molecule has 68 valence electrons. The van der Waals surface area contributed by atoms with E-state index in [9.17, 15) is 4.79 Å². The second kappa shape index (κ2) is 2.04. The zero-order chi connectivity index (χ0) is 8.98. The average molecular weight is 167 g/mol. The second-order valence-electron chi connectivity index (χ2n) is 5.04. The lowest BCUT2D eigenvalue weighted by Gasteiger charge is -2.46. The van der Waals surface area contributed by atoms with E-state index in [0.717, 1.165) is 12.8 Å². The molecule has 2 heteroatoms. The molecule has 0 aromatic heterocycles. The van der Waals surface area contributed by atoms with Crippen molar-refractivity contribution in [2.45, 2.75) is 45.6 Å². The van der Waals surface area contributed by atoms with Gasteiger partial charge >= 0.3 is 0 Å². The third kappa shape index (κ3) is 0.782. The maximum absolute atomic E-state index is 11.3. The van der Waals surface area contributed by atoms with Gasteiger partial charge in [-0.05, 0) is 31.1 Å². The third-order valence-electron chi connectivity index (χ3n) is 4.28. The number of nitrogens with one attached hydrogen (secondary N) is 1. The molecular weight excluding hydrogens is 150 g/mol. The first-order valence-electron chi connectivity index (χ1n) is 4.77. The summed E-state index contributed by atoms with van der Waals surface area (Å²) in [6.07, 6.45) is 3.10. The Morgan fingerprint density at radius 3 is 2.67 bits per heavy atom. The second-order valence-corrected chi connectivity index (χ2v) is 5.04. The first-order chi connectivity index (χ1) is 5.46. The molecule has 2 rings (SSSR count). The maximum atomic E-state index is 11.3. The van der Waals surface area contributed by atoms with Crippen molar-refractivity contribution in [1.82, 2.24) is 5.32 Å². The van der Waals surface area contributed by atoms with Gasteiger partial charge in [0.15, 0.2) is 0 Å². The zero-order valence-electron chi connectivity index (χ0n) is 8.11. The van der Waals surface area contributed by atoms with E-state index in [-0.39, 0.29) is 11.4 Å². The Hall–Kier alpha value is -0.530. The highest BCUT2D eigenvalue weighted by atomic mass is 16.1. The predicted molar refractivity (Wildman–Crippen MR) is 47.7 cm³/mol. The highest BCUT2D eigenvalue weighted by Gasteiger charge is 2.55. The van der Waals surface area contributed by atoms with Crippen molar-refractivity contribution in [3.8, 4) is 0 Å². The van der Waals surface area contributed by atoms with Gasteiger partial charge in [-0.3, -0.25) is 4.79 Å². The van der Waals surface area contributed by atoms with E-state index in [4.69, 9.17) is 0 Å². The SMILES string of the molecule is CC12CCC(CC(=O)N1)C2(C)C. The molecule has 1 amide bonds. The number of rotatable bonds is 0. The summed E-state index contributed by atoms with van der Waals surface area (Å²) in [4.78, 5) is 11.3. The van der Waals surface area contributed by atoms with Gasteiger partial charge in [0.05, 0.1) is 0 Å². The molecule has 0 spiro atoms. The molecule has 2 aliphatic rings. The molecule has 2 nitrogen and oxygen atoms in total. The molecular formula is C10H17NO. The van der Waals surface area contributed by atoms with E-state index in [2.05, 4.69) is 26.1 Å². The van der Waals surface area contributed by atoms with Gasteiger partial charge in [0, 0.05) is 12.0 Å². The number of piperidine rings is 1. The largest absolute Gasteiger partial charge is 0.350 e. The summed E-state index contributed by atoms with van der Waals surface area (Å²) in [5.41, 5.74) is 0.355. The minimum Gasteiger partial charge on any atom is -0.350 e. The number of hydrogen-bond donors (Lipinski definition) is 1. The summed E-state index contributed by atoms with van der Waals surface area (Å²) in [7, 11) is 0. The molecule has 0 aromatic carbocycles. The van der Waals surface area contributed by atoms with Gasteiger partial charge in [0.2, 0.25) is 5.91 Å². The van der Waals surface area contributed by atoms with Crippen LogP contribution in [-0.2, 0) is 4.79 Å². The van der Waals surface area contributed by atoms with Crippen LogP contribution in [0, 0.1) is 11.3 Å². The molecule has 0 radical (unpaired) electrons. The molecule has 2 fully saturated rings. The fourth-order valence-electron chi connectivity index (χ4n) is 2.76. The van der Waals surface area contributed by atoms with E-state index in [1.807, 2.05) is 0 Å². The van der Waals surface area contributed by atoms with E-state index >= 15 is 0 Å². The number of amides is 1. The average Bonchev–Trinajstić information content (AvgIpc) is 2.16. The Labute approximate surface area is 73.7 Å². The van der Waals surface area contributed by atoms with Gasteiger partial charge in [-0.1, -0.05) is 13.8 Å². The summed E-state index contributed by atoms with van der Waals surface area (Å²) >= 11 is 0. The van der Waals surface area contributed by atoms with Crippen molar-refractivity contribution < 1.29 is 4.79 Å². The van der Waals surface area contributed by atoms with Crippen LogP contribution in [0.25, 0.3) is 0 Å². The van der Waals surface area contributed by atoms with Crippen LogP contribution in [-0.4, -0.2) is 11.4 Å². The Kier molecular flexibility index (Phi) is 1.37. The number of carbonyl (C=O) groups is 1. The topological polar surface area (TPSA) is 29.1 Å². The van der Waals surface area contributed by atoms with Crippen molar-refractivity contribution in [3.05, 3.63) is 0 Å². The van der Waals surface area contributed by atoms with Gasteiger partial charge in [-0.2, -0.15) is 0 Å². The third-order valence-corrected chi connectivity index (χ3v) is 4.28. The van der Waals surface area contributed by atoms with Gasteiger partial charge in [-0.25, -0.2) is 0 Å². The normalized spacial score (nSPS) is 44.2.